The summed E-state index contributed by atoms with van der Waals surface area (Å²) in [5.41, 5.74) is 0. The Morgan fingerprint density at radius 1 is 1.21 bits per heavy atom. The Kier molecular flexibility index (Phi) is 7.12. The molecule has 0 aliphatic carbocycles. The molecule has 0 saturated carbocycles. The largest absolute Gasteiger partial charge is 0.480 e. The van der Waals surface area contributed by atoms with Crippen LogP contribution in [0, 0.1) is 0 Å². The first-order valence-corrected chi connectivity index (χ1v) is 5.35. The number of aliphatic carboxylic acids is 1. The van der Waals surface area contributed by atoms with Crippen molar-refractivity contribution in [1.82, 2.24) is 15.5 Å². The van der Waals surface area contributed by atoms with Crippen molar-refractivity contribution in [1.29, 1.82) is 0 Å². The van der Waals surface area contributed by atoms with Crippen LogP contribution in [0.4, 0.5) is 4.79 Å². The van der Waals surface area contributed by atoms with Gasteiger partial charge in [-0.1, -0.05) is 0 Å². The minimum Gasteiger partial charge on any atom is -0.480 e. The molecule has 0 spiro atoms. The molecular formula is C10H17N3O6. The molecule has 0 fully saturated rings. The fourth-order valence-corrected chi connectivity index (χ4v) is 1.08. The van der Waals surface area contributed by atoms with E-state index in [1.807, 2.05) is 5.32 Å². The highest BCUT2D eigenvalue weighted by molar-refractivity contribution is 5.96. The van der Waals surface area contributed by atoms with Gasteiger partial charge in [-0.05, 0) is 6.92 Å². The van der Waals surface area contributed by atoms with E-state index in [2.05, 4.69) is 10.1 Å². The minimum absolute atomic E-state index is 0.329. The van der Waals surface area contributed by atoms with Gasteiger partial charge in [-0.15, -0.1) is 0 Å². The second-order valence-corrected chi connectivity index (χ2v) is 3.86. The van der Waals surface area contributed by atoms with Crippen LogP contribution >= 0.6 is 0 Å². The molecule has 0 saturated heterocycles. The van der Waals surface area contributed by atoms with Gasteiger partial charge in [0, 0.05) is 14.1 Å². The number of carbonyl (C=O) groups excluding carboxylic acids is 3. The number of carboxylic acid groups (broad SMARTS) is 1. The summed E-state index contributed by atoms with van der Waals surface area (Å²) >= 11 is 0. The van der Waals surface area contributed by atoms with E-state index in [9.17, 15) is 19.2 Å². The van der Waals surface area contributed by atoms with Gasteiger partial charge in [0.1, 0.15) is 19.3 Å². The Morgan fingerprint density at radius 2 is 1.79 bits per heavy atom. The molecule has 19 heavy (non-hydrogen) atoms. The van der Waals surface area contributed by atoms with Crippen molar-refractivity contribution in [2.75, 3.05) is 27.3 Å². The minimum atomic E-state index is -1.22. The molecule has 0 radical (unpaired) electrons. The predicted molar refractivity (Wildman–Crippen MR) is 63.3 cm³/mol. The summed E-state index contributed by atoms with van der Waals surface area (Å²) in [6, 6.07) is -1.64. The zero-order valence-corrected chi connectivity index (χ0v) is 10.9. The van der Waals surface area contributed by atoms with Crippen molar-refractivity contribution >= 4 is 23.8 Å². The Balaban J connectivity index is 4.00. The van der Waals surface area contributed by atoms with Gasteiger partial charge in [0.15, 0.2) is 0 Å². The average molecular weight is 275 g/mol. The van der Waals surface area contributed by atoms with E-state index < -0.39 is 37.2 Å². The lowest BCUT2D eigenvalue weighted by Crippen LogP contribution is -2.50. The standard InChI is InChI=1S/C10H17N3O6/c1-6(9(17)13(2)3)11-10(18)12-7(14)4-19-5-8(15)16/h6H,4-5H2,1-3H3,(H,15,16)(H2,11,12,14,18). The third kappa shape index (κ3) is 7.71. The van der Waals surface area contributed by atoms with Crippen molar-refractivity contribution < 1.29 is 29.0 Å². The summed E-state index contributed by atoms with van der Waals surface area (Å²) in [5.74, 6) is -2.35. The Bertz CT molecular complexity index is 368. The number of likely N-dealkylation sites (N-methyl/N-ethyl adjacent to an activating group) is 1. The quantitative estimate of drug-likeness (QED) is 0.535. The van der Waals surface area contributed by atoms with Crippen LogP contribution in [0.5, 0.6) is 0 Å². The first kappa shape index (κ1) is 16.8. The molecule has 9 heteroatoms. The molecule has 3 N–H and O–H groups in total. The number of urea groups is 1. The van der Waals surface area contributed by atoms with E-state index in [4.69, 9.17) is 5.11 Å². The first-order chi connectivity index (χ1) is 8.73. The summed E-state index contributed by atoms with van der Waals surface area (Å²) in [4.78, 5) is 45.3. The average Bonchev–Trinajstić information content (AvgIpc) is 2.26. The number of nitrogens with zero attached hydrogens (tertiary/aromatic N) is 1. The number of imide groups is 1. The lowest BCUT2D eigenvalue weighted by atomic mass is 10.3. The molecule has 1 unspecified atom stereocenters. The topological polar surface area (TPSA) is 125 Å². The summed E-state index contributed by atoms with van der Waals surface area (Å²) in [5, 5.41) is 12.4. The van der Waals surface area contributed by atoms with Gasteiger partial charge in [0.25, 0.3) is 5.91 Å². The lowest BCUT2D eigenvalue weighted by molar-refractivity contribution is -0.143. The Labute approximate surface area is 109 Å². The van der Waals surface area contributed by atoms with Crippen LogP contribution in [0.25, 0.3) is 0 Å². The predicted octanol–water partition coefficient (Wildman–Crippen LogP) is -1.61. The highest BCUT2D eigenvalue weighted by atomic mass is 16.5. The lowest BCUT2D eigenvalue weighted by Gasteiger charge is -2.17. The maximum Gasteiger partial charge on any atom is 0.329 e. The molecule has 0 bridgehead atoms. The summed E-state index contributed by atoms with van der Waals surface area (Å²) < 4.78 is 4.48. The second kappa shape index (κ2) is 8.03. The van der Waals surface area contributed by atoms with Gasteiger partial charge in [0.2, 0.25) is 5.91 Å². The van der Waals surface area contributed by atoms with Crippen LogP contribution < -0.4 is 10.6 Å². The van der Waals surface area contributed by atoms with Crippen LogP contribution in [0.15, 0.2) is 0 Å². The van der Waals surface area contributed by atoms with Crippen molar-refractivity contribution in [3.8, 4) is 0 Å². The van der Waals surface area contributed by atoms with E-state index >= 15 is 0 Å². The monoisotopic (exact) mass is 275 g/mol. The van der Waals surface area contributed by atoms with Crippen LogP contribution in [-0.2, 0) is 19.1 Å². The first-order valence-electron chi connectivity index (χ1n) is 5.35. The molecule has 0 aliphatic heterocycles. The van der Waals surface area contributed by atoms with E-state index in [1.165, 1.54) is 25.9 Å². The molecule has 9 nitrogen and oxygen atoms in total. The zero-order valence-electron chi connectivity index (χ0n) is 10.9. The number of ether oxygens (including phenoxy) is 1. The number of carboxylic acids is 1. The van der Waals surface area contributed by atoms with Crippen LogP contribution in [0.2, 0.25) is 0 Å². The summed E-state index contributed by atoms with van der Waals surface area (Å²) in [6.45, 7) is 0.271. The zero-order chi connectivity index (χ0) is 15.0. The van der Waals surface area contributed by atoms with E-state index in [0.29, 0.717) is 0 Å². The molecule has 108 valence electrons. The molecule has 0 heterocycles. The highest BCUT2D eigenvalue weighted by Gasteiger charge is 2.18. The second-order valence-electron chi connectivity index (χ2n) is 3.86. The smallest absolute Gasteiger partial charge is 0.329 e. The Hall–Kier alpha value is -2.16. The maximum absolute atomic E-state index is 11.4. The SMILES string of the molecule is CC(NC(=O)NC(=O)COCC(=O)O)C(=O)N(C)C. The van der Waals surface area contributed by atoms with Gasteiger partial charge < -0.3 is 20.1 Å². The van der Waals surface area contributed by atoms with E-state index in [-0.39, 0.29) is 5.91 Å². The molecule has 0 aromatic rings. The van der Waals surface area contributed by atoms with Crippen molar-refractivity contribution in [2.24, 2.45) is 0 Å². The number of nitrogens with one attached hydrogen (secondary N) is 2. The molecule has 0 aliphatic rings. The van der Waals surface area contributed by atoms with Gasteiger partial charge in [0.05, 0.1) is 0 Å². The normalized spacial score (nSPS) is 11.3. The number of hydrogen-bond acceptors (Lipinski definition) is 5. The van der Waals surface area contributed by atoms with Crippen LogP contribution in [-0.4, -0.2) is 67.2 Å². The maximum atomic E-state index is 11.4. The third-order valence-electron chi connectivity index (χ3n) is 1.87. The van der Waals surface area contributed by atoms with Crippen molar-refractivity contribution in [2.45, 2.75) is 13.0 Å². The fourth-order valence-electron chi connectivity index (χ4n) is 1.08. The molecule has 1 atom stereocenters. The number of rotatable bonds is 6. The fraction of sp³-hybridized carbons (Fsp3) is 0.600. The van der Waals surface area contributed by atoms with Crippen LogP contribution in [0.1, 0.15) is 6.92 Å². The highest BCUT2D eigenvalue weighted by Crippen LogP contribution is 1.88. The van der Waals surface area contributed by atoms with Crippen LogP contribution in [0.3, 0.4) is 0 Å². The van der Waals surface area contributed by atoms with Gasteiger partial charge in [-0.2, -0.15) is 0 Å². The molecule has 4 amide bonds. The van der Waals surface area contributed by atoms with E-state index in [0.717, 1.165) is 0 Å². The summed E-state index contributed by atoms with van der Waals surface area (Å²) in [7, 11) is 3.06. The molecule has 0 aromatic carbocycles. The van der Waals surface area contributed by atoms with E-state index in [1.54, 1.807) is 0 Å². The van der Waals surface area contributed by atoms with Crippen molar-refractivity contribution in [3.63, 3.8) is 0 Å². The molecular weight excluding hydrogens is 258 g/mol. The van der Waals surface area contributed by atoms with Gasteiger partial charge in [-0.3, -0.25) is 14.9 Å². The molecule has 0 rings (SSSR count). The van der Waals surface area contributed by atoms with Crippen molar-refractivity contribution in [3.05, 3.63) is 0 Å². The number of hydrogen-bond donors (Lipinski definition) is 3. The summed E-state index contributed by atoms with van der Waals surface area (Å²) in [6.07, 6.45) is 0. The molecule has 0 aromatic heterocycles. The Morgan fingerprint density at radius 3 is 2.26 bits per heavy atom. The number of amides is 4. The van der Waals surface area contributed by atoms with Gasteiger partial charge in [-0.25, -0.2) is 9.59 Å². The number of carbonyl (C=O) groups is 4. The third-order valence-corrected chi connectivity index (χ3v) is 1.87. The van der Waals surface area contributed by atoms with Gasteiger partial charge >= 0.3 is 12.0 Å².